The second-order valence-corrected chi connectivity index (χ2v) is 5.45. The van der Waals surface area contributed by atoms with Gasteiger partial charge >= 0.3 is 0 Å². The van der Waals surface area contributed by atoms with Crippen molar-refractivity contribution in [1.82, 2.24) is 10.3 Å². The highest BCUT2D eigenvalue weighted by Gasteiger charge is 2.24. The molecule has 1 aromatic rings. The molecule has 0 bridgehead atoms. The summed E-state index contributed by atoms with van der Waals surface area (Å²) >= 11 is 0. The first-order valence-corrected chi connectivity index (χ1v) is 7.57. The van der Waals surface area contributed by atoms with Gasteiger partial charge in [0.25, 0.3) is 0 Å². The van der Waals surface area contributed by atoms with Gasteiger partial charge in [0.15, 0.2) is 0 Å². The molecule has 3 nitrogen and oxygen atoms in total. The van der Waals surface area contributed by atoms with Gasteiger partial charge in [-0.05, 0) is 36.9 Å². The summed E-state index contributed by atoms with van der Waals surface area (Å²) in [5.74, 6) is 1.59. The van der Waals surface area contributed by atoms with Crippen LogP contribution in [0.4, 0.5) is 0 Å². The van der Waals surface area contributed by atoms with E-state index in [9.17, 15) is 0 Å². The van der Waals surface area contributed by atoms with Crippen LogP contribution in [0.15, 0.2) is 18.5 Å². The van der Waals surface area contributed by atoms with Crippen molar-refractivity contribution in [3.63, 3.8) is 0 Å². The average molecular weight is 262 g/mol. The lowest BCUT2D eigenvalue weighted by Crippen LogP contribution is -2.28. The van der Waals surface area contributed by atoms with Crippen LogP contribution in [0.2, 0.25) is 0 Å². The van der Waals surface area contributed by atoms with E-state index in [1.807, 2.05) is 6.20 Å². The predicted molar refractivity (Wildman–Crippen MR) is 78.4 cm³/mol. The van der Waals surface area contributed by atoms with E-state index in [4.69, 9.17) is 4.74 Å². The topological polar surface area (TPSA) is 34.2 Å². The molecule has 0 spiro atoms. The Hall–Kier alpha value is -1.09. The number of rotatable bonds is 5. The molecular formula is C16H26N2O. The number of ether oxygens (including phenoxy) is 1. The molecule has 2 rings (SSSR count). The van der Waals surface area contributed by atoms with Crippen molar-refractivity contribution >= 4 is 0 Å². The van der Waals surface area contributed by atoms with E-state index in [-0.39, 0.29) is 0 Å². The first kappa shape index (κ1) is 14.3. The third kappa shape index (κ3) is 3.93. The van der Waals surface area contributed by atoms with E-state index in [2.05, 4.69) is 23.3 Å². The standard InChI is InChI=1S/C16H26N2O/c1-3-18-16(13-8-6-4-5-7-9-13)14-10-15(19-2)12-17-11-14/h10-13,16,18H,3-9H2,1-2H3. The minimum atomic E-state index is 0.422. The average Bonchev–Trinajstić information content (AvgIpc) is 2.74. The fraction of sp³-hybridized carbons (Fsp3) is 0.688. The zero-order valence-corrected chi connectivity index (χ0v) is 12.2. The summed E-state index contributed by atoms with van der Waals surface area (Å²) in [6, 6.07) is 2.55. The maximum absolute atomic E-state index is 5.30. The van der Waals surface area contributed by atoms with Crippen LogP contribution >= 0.6 is 0 Å². The maximum atomic E-state index is 5.30. The van der Waals surface area contributed by atoms with E-state index < -0.39 is 0 Å². The van der Waals surface area contributed by atoms with Crippen molar-refractivity contribution in [2.75, 3.05) is 13.7 Å². The Bertz CT molecular complexity index is 373. The maximum Gasteiger partial charge on any atom is 0.137 e. The minimum absolute atomic E-state index is 0.422. The highest BCUT2D eigenvalue weighted by molar-refractivity contribution is 5.26. The summed E-state index contributed by atoms with van der Waals surface area (Å²) < 4.78 is 5.30. The summed E-state index contributed by atoms with van der Waals surface area (Å²) in [6.07, 6.45) is 11.9. The van der Waals surface area contributed by atoms with Crippen LogP contribution in [0.1, 0.15) is 57.1 Å². The number of pyridine rings is 1. The Kier molecular flexibility index (Phi) is 5.64. The lowest BCUT2D eigenvalue weighted by Gasteiger charge is -2.27. The summed E-state index contributed by atoms with van der Waals surface area (Å²) in [6.45, 7) is 3.18. The van der Waals surface area contributed by atoms with Gasteiger partial charge in [-0.2, -0.15) is 0 Å². The Balaban J connectivity index is 2.17. The van der Waals surface area contributed by atoms with Crippen molar-refractivity contribution in [1.29, 1.82) is 0 Å². The van der Waals surface area contributed by atoms with Gasteiger partial charge in [-0.1, -0.05) is 32.6 Å². The van der Waals surface area contributed by atoms with Gasteiger partial charge in [0.05, 0.1) is 13.3 Å². The second-order valence-electron chi connectivity index (χ2n) is 5.45. The molecule has 0 amide bonds. The van der Waals surface area contributed by atoms with E-state index >= 15 is 0 Å². The number of aromatic nitrogens is 1. The molecule has 3 heteroatoms. The normalized spacial score (nSPS) is 18.8. The molecule has 106 valence electrons. The summed E-state index contributed by atoms with van der Waals surface area (Å²) in [4.78, 5) is 4.31. The quantitative estimate of drug-likeness (QED) is 0.821. The van der Waals surface area contributed by atoms with E-state index in [1.165, 1.54) is 44.1 Å². The van der Waals surface area contributed by atoms with Crippen molar-refractivity contribution < 1.29 is 4.74 Å². The van der Waals surface area contributed by atoms with E-state index in [1.54, 1.807) is 13.3 Å². The molecule has 19 heavy (non-hydrogen) atoms. The van der Waals surface area contributed by atoms with Crippen LogP contribution in [0.5, 0.6) is 5.75 Å². The molecule has 1 unspecified atom stereocenters. The smallest absolute Gasteiger partial charge is 0.137 e. The molecule has 1 fully saturated rings. The monoisotopic (exact) mass is 262 g/mol. The van der Waals surface area contributed by atoms with Crippen molar-refractivity contribution in [2.24, 2.45) is 5.92 Å². The Morgan fingerprint density at radius 1 is 1.26 bits per heavy atom. The zero-order valence-electron chi connectivity index (χ0n) is 12.2. The Labute approximate surface area is 116 Å². The highest BCUT2D eigenvalue weighted by Crippen LogP contribution is 2.34. The molecule has 1 N–H and O–H groups in total. The van der Waals surface area contributed by atoms with Crippen LogP contribution in [-0.4, -0.2) is 18.6 Å². The number of methoxy groups -OCH3 is 1. The summed E-state index contributed by atoms with van der Waals surface area (Å²) in [5, 5.41) is 3.65. The molecule has 1 aliphatic rings. The first-order chi connectivity index (χ1) is 9.35. The van der Waals surface area contributed by atoms with Crippen molar-refractivity contribution in [3.05, 3.63) is 24.0 Å². The summed E-state index contributed by atoms with van der Waals surface area (Å²) in [7, 11) is 1.70. The lowest BCUT2D eigenvalue weighted by atomic mass is 9.87. The zero-order chi connectivity index (χ0) is 13.5. The fourth-order valence-electron chi connectivity index (χ4n) is 3.14. The van der Waals surface area contributed by atoms with Crippen LogP contribution in [0.3, 0.4) is 0 Å². The molecule has 1 heterocycles. The van der Waals surface area contributed by atoms with Crippen LogP contribution in [-0.2, 0) is 0 Å². The van der Waals surface area contributed by atoms with Gasteiger partial charge in [-0.25, -0.2) is 0 Å². The predicted octanol–water partition coefficient (Wildman–Crippen LogP) is 3.71. The Morgan fingerprint density at radius 3 is 2.63 bits per heavy atom. The van der Waals surface area contributed by atoms with Crippen LogP contribution < -0.4 is 10.1 Å². The van der Waals surface area contributed by atoms with Gasteiger partial charge in [0.1, 0.15) is 5.75 Å². The lowest BCUT2D eigenvalue weighted by molar-refractivity contribution is 0.328. The third-order valence-corrected chi connectivity index (χ3v) is 4.12. The van der Waals surface area contributed by atoms with Gasteiger partial charge in [0, 0.05) is 12.2 Å². The fourth-order valence-corrected chi connectivity index (χ4v) is 3.14. The molecule has 1 aromatic heterocycles. The molecule has 1 aliphatic carbocycles. The summed E-state index contributed by atoms with van der Waals surface area (Å²) in [5.41, 5.74) is 1.27. The molecule has 0 aromatic carbocycles. The Morgan fingerprint density at radius 2 is 2.00 bits per heavy atom. The number of nitrogens with one attached hydrogen (secondary N) is 1. The van der Waals surface area contributed by atoms with E-state index in [0.29, 0.717) is 6.04 Å². The molecular weight excluding hydrogens is 236 g/mol. The third-order valence-electron chi connectivity index (χ3n) is 4.12. The SMILES string of the molecule is CCNC(c1cncc(OC)c1)C1CCCCCC1. The van der Waals surface area contributed by atoms with Gasteiger partial charge in [-0.3, -0.25) is 4.98 Å². The molecule has 0 saturated heterocycles. The van der Waals surface area contributed by atoms with Gasteiger partial charge in [0.2, 0.25) is 0 Å². The van der Waals surface area contributed by atoms with Gasteiger partial charge in [-0.15, -0.1) is 0 Å². The van der Waals surface area contributed by atoms with Crippen molar-refractivity contribution in [2.45, 2.75) is 51.5 Å². The number of hydrogen-bond acceptors (Lipinski definition) is 3. The first-order valence-electron chi connectivity index (χ1n) is 7.57. The van der Waals surface area contributed by atoms with Crippen LogP contribution in [0, 0.1) is 5.92 Å². The number of nitrogens with zero attached hydrogens (tertiary/aromatic N) is 1. The minimum Gasteiger partial charge on any atom is -0.495 e. The highest BCUT2D eigenvalue weighted by atomic mass is 16.5. The van der Waals surface area contributed by atoms with Gasteiger partial charge < -0.3 is 10.1 Å². The molecule has 1 saturated carbocycles. The molecule has 0 aliphatic heterocycles. The largest absolute Gasteiger partial charge is 0.495 e. The molecule has 1 atom stereocenters. The second kappa shape index (κ2) is 7.49. The van der Waals surface area contributed by atoms with Crippen molar-refractivity contribution in [3.8, 4) is 5.75 Å². The molecule has 0 radical (unpaired) electrons. The van der Waals surface area contributed by atoms with E-state index in [0.717, 1.165) is 18.2 Å². The van der Waals surface area contributed by atoms with Crippen LogP contribution in [0.25, 0.3) is 0 Å². The number of hydrogen-bond donors (Lipinski definition) is 1.